The molecule has 0 aliphatic rings. The van der Waals surface area contributed by atoms with Crippen molar-refractivity contribution in [1.29, 1.82) is 0 Å². The van der Waals surface area contributed by atoms with E-state index in [9.17, 15) is 14.7 Å². The van der Waals surface area contributed by atoms with Crippen LogP contribution in [-0.4, -0.2) is 29.1 Å². The highest BCUT2D eigenvalue weighted by Gasteiger charge is 2.13. The van der Waals surface area contributed by atoms with E-state index in [4.69, 9.17) is 9.84 Å². The van der Waals surface area contributed by atoms with Gasteiger partial charge in [-0.25, -0.2) is 4.79 Å². The second kappa shape index (κ2) is 5.16. The van der Waals surface area contributed by atoms with E-state index < -0.39 is 11.8 Å². The van der Waals surface area contributed by atoms with Crippen molar-refractivity contribution in [3.05, 3.63) is 29.3 Å². The number of hydrogen-bond acceptors (Lipinski definition) is 4. The number of Topliss-reactive ketones (excluding diaryl/α,β-unsaturated/α-hetero) is 1. The summed E-state index contributed by atoms with van der Waals surface area (Å²) in [6.45, 7) is 1.18. The largest absolute Gasteiger partial charge is 0.504 e. The molecule has 17 heavy (non-hydrogen) atoms. The Balaban J connectivity index is 3.21. The van der Waals surface area contributed by atoms with Gasteiger partial charge in [0.05, 0.1) is 7.11 Å². The Morgan fingerprint density at radius 2 is 2.00 bits per heavy atom. The standard InChI is InChI=1S/C12H12O5/c1-7(13)9(12(15)16)5-8-3-4-10(14)11(6-8)17-2/h3-6,14H,1-2H3,(H,15,16)/b9-5+. The highest BCUT2D eigenvalue weighted by atomic mass is 16.5. The predicted molar refractivity (Wildman–Crippen MR) is 61.0 cm³/mol. The predicted octanol–water partition coefficient (Wildman–Crippen LogP) is 1.46. The zero-order valence-corrected chi connectivity index (χ0v) is 9.43. The van der Waals surface area contributed by atoms with Gasteiger partial charge >= 0.3 is 5.97 Å². The number of carboxylic acid groups (broad SMARTS) is 1. The van der Waals surface area contributed by atoms with Crippen LogP contribution in [0.2, 0.25) is 0 Å². The first-order valence-electron chi connectivity index (χ1n) is 4.78. The minimum atomic E-state index is -1.29. The van der Waals surface area contributed by atoms with Gasteiger partial charge in [-0.2, -0.15) is 0 Å². The number of rotatable bonds is 4. The Bertz CT molecular complexity index is 472. The second-order valence-electron chi connectivity index (χ2n) is 3.35. The topological polar surface area (TPSA) is 83.8 Å². The number of aromatic hydroxyl groups is 1. The molecule has 90 valence electrons. The molecule has 0 aromatic heterocycles. The fourth-order valence-electron chi connectivity index (χ4n) is 1.26. The number of benzene rings is 1. The summed E-state index contributed by atoms with van der Waals surface area (Å²) in [5.41, 5.74) is 0.144. The number of ether oxygens (including phenoxy) is 1. The monoisotopic (exact) mass is 236 g/mol. The lowest BCUT2D eigenvalue weighted by Gasteiger charge is -2.04. The first kappa shape index (κ1) is 12.8. The molecule has 5 heteroatoms. The average molecular weight is 236 g/mol. The number of carbonyl (C=O) groups is 2. The fraction of sp³-hybridized carbons (Fsp3) is 0.167. The Morgan fingerprint density at radius 3 is 2.47 bits per heavy atom. The van der Waals surface area contributed by atoms with Crippen LogP contribution >= 0.6 is 0 Å². The molecular formula is C12H12O5. The Morgan fingerprint density at radius 1 is 1.35 bits per heavy atom. The maximum absolute atomic E-state index is 11.1. The molecule has 0 fully saturated rings. The lowest BCUT2D eigenvalue weighted by molar-refractivity contribution is -0.134. The molecule has 0 aliphatic carbocycles. The third-order valence-electron chi connectivity index (χ3n) is 2.12. The van der Waals surface area contributed by atoms with Gasteiger partial charge in [0.25, 0.3) is 0 Å². The van der Waals surface area contributed by atoms with E-state index in [1.807, 2.05) is 0 Å². The summed E-state index contributed by atoms with van der Waals surface area (Å²) in [6.07, 6.45) is 1.23. The zero-order chi connectivity index (χ0) is 13.0. The Kier molecular flexibility index (Phi) is 3.87. The molecule has 1 rings (SSSR count). The van der Waals surface area contributed by atoms with Crippen molar-refractivity contribution in [2.75, 3.05) is 7.11 Å². The number of carbonyl (C=O) groups excluding carboxylic acids is 1. The molecule has 2 N–H and O–H groups in total. The van der Waals surface area contributed by atoms with Gasteiger partial charge in [-0.05, 0) is 30.7 Å². The van der Waals surface area contributed by atoms with Gasteiger partial charge in [0.15, 0.2) is 17.3 Å². The molecule has 1 aromatic carbocycles. The molecule has 0 radical (unpaired) electrons. The van der Waals surface area contributed by atoms with Gasteiger partial charge in [0.1, 0.15) is 5.57 Å². The number of carboxylic acids is 1. The van der Waals surface area contributed by atoms with Crippen LogP contribution in [0.1, 0.15) is 12.5 Å². The van der Waals surface area contributed by atoms with Gasteiger partial charge in [0, 0.05) is 0 Å². The third kappa shape index (κ3) is 3.07. The summed E-state index contributed by atoms with van der Waals surface area (Å²) in [5.74, 6) is -1.66. The number of methoxy groups -OCH3 is 1. The first-order chi connectivity index (χ1) is 7.95. The summed E-state index contributed by atoms with van der Waals surface area (Å²) in [7, 11) is 1.38. The SMILES string of the molecule is COc1cc(/C=C(\C(C)=O)C(=O)O)ccc1O. The Hall–Kier alpha value is -2.30. The molecule has 0 atom stereocenters. The third-order valence-corrected chi connectivity index (χ3v) is 2.12. The Labute approximate surface area is 98.0 Å². The zero-order valence-electron chi connectivity index (χ0n) is 9.43. The van der Waals surface area contributed by atoms with Crippen LogP contribution in [-0.2, 0) is 9.59 Å². The minimum absolute atomic E-state index is 0.0515. The molecule has 0 aliphatic heterocycles. The van der Waals surface area contributed by atoms with Gasteiger partial charge in [0.2, 0.25) is 0 Å². The quantitative estimate of drug-likeness (QED) is 0.469. The van der Waals surface area contributed by atoms with Crippen molar-refractivity contribution in [2.45, 2.75) is 6.92 Å². The molecular weight excluding hydrogens is 224 g/mol. The summed E-state index contributed by atoms with van der Waals surface area (Å²) in [6, 6.07) is 4.30. The molecule has 0 spiro atoms. The van der Waals surface area contributed by atoms with Crippen LogP contribution in [0.4, 0.5) is 0 Å². The molecule has 0 bridgehead atoms. The molecule has 0 amide bonds. The van der Waals surface area contributed by atoms with Crippen molar-refractivity contribution in [1.82, 2.24) is 0 Å². The van der Waals surface area contributed by atoms with Crippen molar-refractivity contribution < 1.29 is 24.5 Å². The van der Waals surface area contributed by atoms with Crippen LogP contribution in [0, 0.1) is 0 Å². The van der Waals surface area contributed by atoms with Crippen LogP contribution in [0.15, 0.2) is 23.8 Å². The molecule has 1 aromatic rings. The van der Waals surface area contributed by atoms with E-state index in [0.29, 0.717) is 5.56 Å². The van der Waals surface area contributed by atoms with Crippen molar-refractivity contribution in [2.24, 2.45) is 0 Å². The van der Waals surface area contributed by atoms with Crippen molar-refractivity contribution >= 4 is 17.8 Å². The van der Waals surface area contributed by atoms with Gasteiger partial charge in [-0.3, -0.25) is 4.79 Å². The summed E-state index contributed by atoms with van der Waals surface area (Å²) in [4.78, 5) is 21.9. The highest BCUT2D eigenvalue weighted by Crippen LogP contribution is 2.27. The maximum atomic E-state index is 11.1. The van der Waals surface area contributed by atoms with E-state index in [1.54, 1.807) is 0 Å². The van der Waals surface area contributed by atoms with Gasteiger partial charge in [-0.1, -0.05) is 6.07 Å². The van der Waals surface area contributed by atoms with Crippen molar-refractivity contribution in [3.8, 4) is 11.5 Å². The maximum Gasteiger partial charge on any atom is 0.339 e. The smallest absolute Gasteiger partial charge is 0.339 e. The molecule has 0 saturated heterocycles. The van der Waals surface area contributed by atoms with Crippen LogP contribution in [0.25, 0.3) is 6.08 Å². The molecule has 5 nitrogen and oxygen atoms in total. The van der Waals surface area contributed by atoms with Crippen LogP contribution in [0.3, 0.4) is 0 Å². The average Bonchev–Trinajstić information content (AvgIpc) is 2.26. The van der Waals surface area contributed by atoms with Crippen LogP contribution < -0.4 is 4.74 Å². The van der Waals surface area contributed by atoms with E-state index in [1.165, 1.54) is 38.3 Å². The van der Waals surface area contributed by atoms with E-state index in [2.05, 4.69) is 0 Å². The molecule has 0 saturated carbocycles. The van der Waals surface area contributed by atoms with E-state index in [0.717, 1.165) is 0 Å². The van der Waals surface area contributed by atoms with E-state index in [-0.39, 0.29) is 17.1 Å². The number of hydrogen-bond donors (Lipinski definition) is 2. The van der Waals surface area contributed by atoms with Gasteiger partial charge in [-0.15, -0.1) is 0 Å². The number of aliphatic carboxylic acids is 1. The normalized spacial score (nSPS) is 11.1. The first-order valence-corrected chi connectivity index (χ1v) is 4.78. The molecule has 0 unspecified atom stereocenters. The van der Waals surface area contributed by atoms with Crippen molar-refractivity contribution in [3.63, 3.8) is 0 Å². The van der Waals surface area contributed by atoms with Gasteiger partial charge < -0.3 is 14.9 Å². The fourth-order valence-corrected chi connectivity index (χ4v) is 1.26. The lowest BCUT2D eigenvalue weighted by Crippen LogP contribution is -2.08. The highest BCUT2D eigenvalue weighted by molar-refractivity contribution is 6.19. The summed E-state index contributed by atoms with van der Waals surface area (Å²) >= 11 is 0. The lowest BCUT2D eigenvalue weighted by atomic mass is 10.1. The number of phenolic OH excluding ortho intramolecular Hbond substituents is 1. The number of ketones is 1. The number of phenols is 1. The summed E-state index contributed by atoms with van der Waals surface area (Å²) < 4.78 is 4.88. The molecule has 0 heterocycles. The van der Waals surface area contributed by atoms with Crippen LogP contribution in [0.5, 0.6) is 11.5 Å². The minimum Gasteiger partial charge on any atom is -0.504 e. The summed E-state index contributed by atoms with van der Waals surface area (Å²) in [5, 5.41) is 18.2. The van der Waals surface area contributed by atoms with E-state index >= 15 is 0 Å². The second-order valence-corrected chi connectivity index (χ2v) is 3.35.